The molecule has 6 nitrogen and oxygen atoms in total. The van der Waals surface area contributed by atoms with Gasteiger partial charge in [-0.15, -0.1) is 0 Å². The maximum Gasteiger partial charge on any atom is 0.404 e. The average Bonchev–Trinajstić information content (AvgIpc) is 2.61. The van der Waals surface area contributed by atoms with Crippen LogP contribution in [0.1, 0.15) is 18.4 Å². The highest BCUT2D eigenvalue weighted by atomic mass is 35.5. The van der Waals surface area contributed by atoms with Gasteiger partial charge in [-0.25, -0.2) is 14.2 Å². The molecule has 1 amide bonds. The van der Waals surface area contributed by atoms with Gasteiger partial charge in [0, 0.05) is 12.6 Å². The number of carbonyl (C=O) groups excluding carboxylic acids is 1. The fourth-order valence-electron chi connectivity index (χ4n) is 2.86. The fraction of sp³-hybridized carbons (Fsp3) is 0.333. The van der Waals surface area contributed by atoms with Gasteiger partial charge >= 0.3 is 6.09 Å². The molecule has 1 atom stereocenters. The summed E-state index contributed by atoms with van der Waals surface area (Å²) in [7, 11) is 0. The van der Waals surface area contributed by atoms with E-state index in [9.17, 15) is 9.18 Å². The van der Waals surface area contributed by atoms with E-state index in [0.29, 0.717) is 23.1 Å². The Kier molecular flexibility index (Phi) is 5.78. The number of rotatable bonds is 5. The number of nitrogens with zero attached hydrogens (tertiary/aromatic N) is 2. The van der Waals surface area contributed by atoms with Gasteiger partial charge in [0.15, 0.2) is 0 Å². The van der Waals surface area contributed by atoms with Gasteiger partial charge in [0.25, 0.3) is 0 Å². The summed E-state index contributed by atoms with van der Waals surface area (Å²) in [6, 6.07) is 7.77. The molecular formula is C18H19ClFN3O3. The lowest BCUT2D eigenvalue weighted by molar-refractivity contribution is 0.0964. The molecule has 0 radical (unpaired) electrons. The van der Waals surface area contributed by atoms with Crippen LogP contribution in [0.5, 0.6) is 5.75 Å². The number of piperidine rings is 1. The lowest BCUT2D eigenvalue weighted by Gasteiger charge is -2.33. The van der Waals surface area contributed by atoms with Gasteiger partial charge in [0.2, 0.25) is 0 Å². The van der Waals surface area contributed by atoms with Crippen molar-refractivity contribution < 1.29 is 18.7 Å². The first-order valence-electron chi connectivity index (χ1n) is 8.25. The standard InChI is InChI=1S/C18H19ClFN3O3/c19-16-8-15(25-11-12-3-5-13(20)6-4-12)9-22-17(16)23-7-1-2-14(10-23)26-18(21)24/h3-6,8-9,14H,1-2,7,10-11H2,(H2,21,24). The normalized spacial score (nSPS) is 17.0. The van der Waals surface area contributed by atoms with Crippen molar-refractivity contribution in [2.45, 2.75) is 25.6 Å². The van der Waals surface area contributed by atoms with Crippen molar-refractivity contribution in [3.05, 3.63) is 52.9 Å². The smallest absolute Gasteiger partial charge is 0.404 e. The Bertz CT molecular complexity index is 773. The molecule has 0 bridgehead atoms. The third kappa shape index (κ3) is 4.76. The molecule has 1 aliphatic rings. The third-order valence-electron chi connectivity index (χ3n) is 4.08. The van der Waals surface area contributed by atoms with Gasteiger partial charge in [0.05, 0.1) is 17.8 Å². The van der Waals surface area contributed by atoms with E-state index in [1.165, 1.54) is 12.1 Å². The summed E-state index contributed by atoms with van der Waals surface area (Å²) < 4.78 is 23.6. The third-order valence-corrected chi connectivity index (χ3v) is 4.35. The lowest BCUT2D eigenvalue weighted by atomic mass is 10.1. The van der Waals surface area contributed by atoms with Crippen LogP contribution in [0.2, 0.25) is 5.02 Å². The van der Waals surface area contributed by atoms with Crippen molar-refractivity contribution in [3.63, 3.8) is 0 Å². The van der Waals surface area contributed by atoms with Crippen molar-refractivity contribution in [2.24, 2.45) is 5.73 Å². The first kappa shape index (κ1) is 18.3. The molecule has 2 aromatic rings. The molecule has 0 saturated carbocycles. The molecule has 1 saturated heterocycles. The monoisotopic (exact) mass is 379 g/mol. The second-order valence-corrected chi connectivity index (χ2v) is 6.45. The first-order valence-corrected chi connectivity index (χ1v) is 8.63. The summed E-state index contributed by atoms with van der Waals surface area (Å²) in [4.78, 5) is 17.3. The van der Waals surface area contributed by atoms with E-state index >= 15 is 0 Å². The number of benzene rings is 1. The number of anilines is 1. The second kappa shape index (κ2) is 8.23. The number of hydrogen-bond acceptors (Lipinski definition) is 5. The van der Waals surface area contributed by atoms with Gasteiger partial charge < -0.3 is 20.1 Å². The number of pyridine rings is 1. The molecule has 2 N–H and O–H groups in total. The van der Waals surface area contributed by atoms with E-state index in [1.807, 2.05) is 4.90 Å². The van der Waals surface area contributed by atoms with Crippen molar-refractivity contribution in [3.8, 4) is 5.75 Å². The number of aromatic nitrogens is 1. The van der Waals surface area contributed by atoms with Crippen molar-refractivity contribution in [1.29, 1.82) is 0 Å². The van der Waals surface area contributed by atoms with Crippen molar-refractivity contribution in [1.82, 2.24) is 4.98 Å². The Balaban J connectivity index is 1.63. The zero-order valence-corrected chi connectivity index (χ0v) is 14.8. The molecular weight excluding hydrogens is 361 g/mol. The Hall–Kier alpha value is -2.54. The van der Waals surface area contributed by atoms with Crippen LogP contribution in [0, 0.1) is 5.82 Å². The maximum absolute atomic E-state index is 12.9. The summed E-state index contributed by atoms with van der Waals surface area (Å²) >= 11 is 6.35. The molecule has 0 aliphatic carbocycles. The molecule has 138 valence electrons. The zero-order valence-electron chi connectivity index (χ0n) is 14.0. The van der Waals surface area contributed by atoms with E-state index in [4.69, 9.17) is 26.8 Å². The predicted molar refractivity (Wildman–Crippen MR) is 95.9 cm³/mol. The number of halogens is 2. The fourth-order valence-corrected chi connectivity index (χ4v) is 3.14. The molecule has 0 spiro atoms. The minimum absolute atomic E-state index is 0.270. The molecule has 1 aromatic carbocycles. The van der Waals surface area contributed by atoms with Crippen LogP contribution < -0.4 is 15.4 Å². The minimum atomic E-state index is -0.777. The van der Waals surface area contributed by atoms with Crippen molar-refractivity contribution in [2.75, 3.05) is 18.0 Å². The topological polar surface area (TPSA) is 77.7 Å². The average molecular weight is 380 g/mol. The Morgan fingerprint density at radius 1 is 1.38 bits per heavy atom. The number of amides is 1. The molecule has 8 heteroatoms. The van der Waals surface area contributed by atoms with E-state index in [0.717, 1.165) is 24.9 Å². The summed E-state index contributed by atoms with van der Waals surface area (Å²) in [5, 5.41) is 0.446. The summed E-state index contributed by atoms with van der Waals surface area (Å²) in [6.45, 7) is 1.54. The number of nitrogens with two attached hydrogens (primary N) is 1. The van der Waals surface area contributed by atoms with E-state index in [-0.39, 0.29) is 18.5 Å². The van der Waals surface area contributed by atoms with Crippen LogP contribution >= 0.6 is 11.6 Å². The largest absolute Gasteiger partial charge is 0.487 e. The summed E-state index contributed by atoms with van der Waals surface area (Å²) in [5.41, 5.74) is 5.93. The molecule has 1 fully saturated rings. The molecule has 1 aromatic heterocycles. The molecule has 26 heavy (non-hydrogen) atoms. The number of ether oxygens (including phenoxy) is 2. The quantitative estimate of drug-likeness (QED) is 0.860. The Morgan fingerprint density at radius 3 is 2.85 bits per heavy atom. The highest BCUT2D eigenvalue weighted by molar-refractivity contribution is 6.33. The van der Waals surface area contributed by atoms with Crippen LogP contribution in [-0.2, 0) is 11.3 Å². The van der Waals surface area contributed by atoms with Gasteiger partial charge in [-0.3, -0.25) is 0 Å². The minimum Gasteiger partial charge on any atom is -0.487 e. The number of carbonyl (C=O) groups is 1. The number of hydrogen-bond donors (Lipinski definition) is 1. The highest BCUT2D eigenvalue weighted by Crippen LogP contribution is 2.30. The molecule has 1 unspecified atom stereocenters. The predicted octanol–water partition coefficient (Wildman–Crippen LogP) is 3.52. The lowest BCUT2D eigenvalue weighted by Crippen LogP contribution is -2.41. The van der Waals surface area contributed by atoms with Gasteiger partial charge in [0.1, 0.15) is 30.1 Å². The Morgan fingerprint density at radius 2 is 2.15 bits per heavy atom. The maximum atomic E-state index is 12.9. The SMILES string of the molecule is NC(=O)OC1CCCN(c2ncc(OCc3ccc(F)cc3)cc2Cl)C1. The molecule has 2 heterocycles. The zero-order chi connectivity index (χ0) is 18.5. The van der Waals surface area contributed by atoms with Crippen LogP contribution in [0.15, 0.2) is 36.5 Å². The molecule has 3 rings (SSSR count). The second-order valence-electron chi connectivity index (χ2n) is 6.04. The molecule has 1 aliphatic heterocycles. The highest BCUT2D eigenvalue weighted by Gasteiger charge is 2.24. The van der Waals surface area contributed by atoms with Crippen LogP contribution in [-0.4, -0.2) is 30.3 Å². The summed E-state index contributed by atoms with van der Waals surface area (Å²) in [5.74, 6) is 0.839. The van der Waals surface area contributed by atoms with E-state index < -0.39 is 6.09 Å². The van der Waals surface area contributed by atoms with Crippen LogP contribution in [0.4, 0.5) is 15.0 Å². The van der Waals surface area contributed by atoms with Crippen LogP contribution in [0.3, 0.4) is 0 Å². The van der Waals surface area contributed by atoms with Gasteiger partial charge in [-0.05, 0) is 30.5 Å². The van der Waals surface area contributed by atoms with E-state index in [1.54, 1.807) is 24.4 Å². The Labute approximate surface area is 155 Å². The van der Waals surface area contributed by atoms with Gasteiger partial charge in [-0.2, -0.15) is 0 Å². The first-order chi connectivity index (χ1) is 12.5. The number of primary amides is 1. The van der Waals surface area contributed by atoms with Crippen molar-refractivity contribution >= 4 is 23.5 Å². The van der Waals surface area contributed by atoms with Crippen LogP contribution in [0.25, 0.3) is 0 Å². The summed E-state index contributed by atoms with van der Waals surface area (Å²) in [6.07, 6.45) is 2.15. The van der Waals surface area contributed by atoms with Gasteiger partial charge in [-0.1, -0.05) is 23.7 Å². The van der Waals surface area contributed by atoms with E-state index in [2.05, 4.69) is 4.98 Å².